The second-order valence-electron chi connectivity index (χ2n) is 4.97. The second kappa shape index (κ2) is 6.32. The fourth-order valence-electron chi connectivity index (χ4n) is 2.60. The van der Waals surface area contributed by atoms with Crippen LogP contribution in [0, 0.1) is 0 Å². The summed E-state index contributed by atoms with van der Waals surface area (Å²) in [6.45, 7) is 0. The van der Waals surface area contributed by atoms with Crippen molar-refractivity contribution in [3.63, 3.8) is 0 Å². The SMILES string of the molecule is O=C([O-])/C=C/C(=O)c1ccc(C2CCCCC2)cc1. The van der Waals surface area contributed by atoms with Gasteiger partial charge in [-0.2, -0.15) is 0 Å². The van der Waals surface area contributed by atoms with Crippen LogP contribution < -0.4 is 5.11 Å². The van der Waals surface area contributed by atoms with Crippen molar-refractivity contribution in [2.24, 2.45) is 0 Å². The van der Waals surface area contributed by atoms with Gasteiger partial charge in [0.2, 0.25) is 0 Å². The van der Waals surface area contributed by atoms with Gasteiger partial charge in [0.15, 0.2) is 5.78 Å². The number of carboxylic acid groups (broad SMARTS) is 1. The van der Waals surface area contributed by atoms with E-state index in [1.807, 2.05) is 12.1 Å². The zero-order valence-corrected chi connectivity index (χ0v) is 10.8. The molecule has 3 heteroatoms. The van der Waals surface area contributed by atoms with Crippen molar-refractivity contribution in [1.29, 1.82) is 0 Å². The zero-order chi connectivity index (χ0) is 13.7. The van der Waals surface area contributed by atoms with E-state index in [1.54, 1.807) is 12.1 Å². The molecule has 0 atom stereocenters. The fourth-order valence-corrected chi connectivity index (χ4v) is 2.60. The van der Waals surface area contributed by atoms with Gasteiger partial charge in [-0.25, -0.2) is 0 Å². The molecule has 2 rings (SSSR count). The Labute approximate surface area is 113 Å². The first-order chi connectivity index (χ1) is 9.16. The Hall–Kier alpha value is -1.90. The molecule has 100 valence electrons. The maximum atomic E-state index is 11.7. The summed E-state index contributed by atoms with van der Waals surface area (Å²) in [6.07, 6.45) is 8.11. The van der Waals surface area contributed by atoms with Crippen LogP contribution >= 0.6 is 0 Å². The highest BCUT2D eigenvalue weighted by atomic mass is 16.4. The summed E-state index contributed by atoms with van der Waals surface area (Å²) in [5, 5.41) is 10.2. The lowest BCUT2D eigenvalue weighted by atomic mass is 9.84. The Morgan fingerprint density at radius 3 is 2.21 bits per heavy atom. The summed E-state index contributed by atoms with van der Waals surface area (Å²) in [6, 6.07) is 7.50. The molecule has 1 saturated carbocycles. The summed E-state index contributed by atoms with van der Waals surface area (Å²) >= 11 is 0. The number of carbonyl (C=O) groups is 2. The van der Waals surface area contributed by atoms with Crippen molar-refractivity contribution in [1.82, 2.24) is 0 Å². The van der Waals surface area contributed by atoms with Gasteiger partial charge in [0, 0.05) is 5.56 Å². The van der Waals surface area contributed by atoms with Crippen LogP contribution in [-0.4, -0.2) is 11.8 Å². The predicted octanol–water partition coefficient (Wildman–Crippen LogP) is 2.22. The smallest absolute Gasteiger partial charge is 0.185 e. The molecule has 1 fully saturated rings. The summed E-state index contributed by atoms with van der Waals surface area (Å²) in [5.74, 6) is -1.05. The third kappa shape index (κ3) is 3.78. The van der Waals surface area contributed by atoms with Crippen LogP contribution in [0.4, 0.5) is 0 Å². The molecule has 1 aliphatic rings. The maximum Gasteiger partial charge on any atom is 0.185 e. The van der Waals surface area contributed by atoms with Crippen molar-refractivity contribution in [2.75, 3.05) is 0 Å². The molecule has 19 heavy (non-hydrogen) atoms. The van der Waals surface area contributed by atoms with Gasteiger partial charge in [0.1, 0.15) is 0 Å². The number of hydrogen-bond donors (Lipinski definition) is 0. The molecule has 0 heterocycles. The second-order valence-corrected chi connectivity index (χ2v) is 4.97. The van der Waals surface area contributed by atoms with Gasteiger partial charge < -0.3 is 9.90 Å². The van der Waals surface area contributed by atoms with Crippen molar-refractivity contribution < 1.29 is 14.7 Å². The minimum absolute atomic E-state index is 0.306. The van der Waals surface area contributed by atoms with E-state index in [-0.39, 0.29) is 5.78 Å². The summed E-state index contributed by atoms with van der Waals surface area (Å²) < 4.78 is 0. The molecular weight excluding hydrogens is 240 g/mol. The van der Waals surface area contributed by atoms with Gasteiger partial charge in [-0.05, 0) is 36.5 Å². The van der Waals surface area contributed by atoms with E-state index in [2.05, 4.69) is 0 Å². The van der Waals surface area contributed by atoms with Crippen LogP contribution in [0.1, 0.15) is 53.9 Å². The number of carbonyl (C=O) groups excluding carboxylic acids is 2. The lowest BCUT2D eigenvalue weighted by Gasteiger charge is -2.21. The number of allylic oxidation sites excluding steroid dienone is 1. The number of rotatable bonds is 4. The van der Waals surface area contributed by atoms with Crippen molar-refractivity contribution >= 4 is 11.8 Å². The fraction of sp³-hybridized carbons (Fsp3) is 0.375. The van der Waals surface area contributed by atoms with Gasteiger partial charge >= 0.3 is 0 Å². The largest absolute Gasteiger partial charge is 0.545 e. The third-order valence-electron chi connectivity index (χ3n) is 3.64. The van der Waals surface area contributed by atoms with Crippen molar-refractivity contribution in [2.45, 2.75) is 38.0 Å². The zero-order valence-electron chi connectivity index (χ0n) is 10.8. The molecule has 0 aromatic heterocycles. The van der Waals surface area contributed by atoms with Crippen LogP contribution in [-0.2, 0) is 4.79 Å². The minimum atomic E-state index is -1.35. The van der Waals surface area contributed by atoms with Gasteiger partial charge in [-0.15, -0.1) is 0 Å². The Kier molecular flexibility index (Phi) is 4.50. The molecule has 0 N–H and O–H groups in total. The summed E-state index contributed by atoms with van der Waals surface area (Å²) in [7, 11) is 0. The quantitative estimate of drug-likeness (QED) is 0.614. The van der Waals surface area contributed by atoms with Crippen LogP contribution in [0.5, 0.6) is 0 Å². The minimum Gasteiger partial charge on any atom is -0.545 e. The molecule has 0 unspecified atom stereocenters. The van der Waals surface area contributed by atoms with Crippen LogP contribution in [0.25, 0.3) is 0 Å². The number of aliphatic carboxylic acids is 1. The highest BCUT2D eigenvalue weighted by Gasteiger charge is 2.15. The third-order valence-corrected chi connectivity index (χ3v) is 3.64. The van der Waals surface area contributed by atoms with Gasteiger partial charge in [-0.3, -0.25) is 4.79 Å². The standard InChI is InChI=1S/C16H18O3/c17-15(10-11-16(18)19)14-8-6-13(7-9-14)12-4-2-1-3-5-12/h6-12H,1-5H2,(H,18,19)/p-1/b11-10+. The highest BCUT2D eigenvalue weighted by molar-refractivity contribution is 6.06. The number of ketones is 1. The Morgan fingerprint density at radius 1 is 1.00 bits per heavy atom. The molecule has 0 amide bonds. The van der Waals surface area contributed by atoms with E-state index < -0.39 is 5.97 Å². The number of hydrogen-bond acceptors (Lipinski definition) is 3. The maximum absolute atomic E-state index is 11.7. The normalized spacial score (nSPS) is 16.6. The molecule has 0 bridgehead atoms. The average Bonchev–Trinajstić information content (AvgIpc) is 2.46. The lowest BCUT2D eigenvalue weighted by molar-refractivity contribution is -0.297. The Balaban J connectivity index is 2.05. The van der Waals surface area contributed by atoms with Crippen molar-refractivity contribution in [3.8, 4) is 0 Å². The van der Waals surface area contributed by atoms with Crippen LogP contribution in [0.2, 0.25) is 0 Å². The molecule has 0 aliphatic heterocycles. The number of carboxylic acids is 1. The van der Waals surface area contributed by atoms with Crippen LogP contribution in [0.15, 0.2) is 36.4 Å². The van der Waals surface area contributed by atoms with E-state index >= 15 is 0 Å². The first kappa shape index (κ1) is 13.5. The van der Waals surface area contributed by atoms with Gasteiger partial charge in [0.25, 0.3) is 0 Å². The number of benzene rings is 1. The van der Waals surface area contributed by atoms with Crippen LogP contribution in [0.3, 0.4) is 0 Å². The molecule has 0 saturated heterocycles. The predicted molar refractivity (Wildman–Crippen MR) is 70.7 cm³/mol. The molecule has 1 aromatic rings. The van der Waals surface area contributed by atoms with E-state index in [0.29, 0.717) is 11.5 Å². The van der Waals surface area contributed by atoms with E-state index in [9.17, 15) is 14.7 Å². The molecule has 0 radical (unpaired) electrons. The topological polar surface area (TPSA) is 57.2 Å². The van der Waals surface area contributed by atoms with Crippen molar-refractivity contribution in [3.05, 3.63) is 47.5 Å². The molecular formula is C16H17O3-. The average molecular weight is 257 g/mol. The monoisotopic (exact) mass is 257 g/mol. The molecule has 1 aromatic carbocycles. The first-order valence-electron chi connectivity index (χ1n) is 6.70. The molecule has 1 aliphatic carbocycles. The van der Waals surface area contributed by atoms with E-state index in [0.717, 1.165) is 12.2 Å². The van der Waals surface area contributed by atoms with E-state index in [4.69, 9.17) is 0 Å². The first-order valence-corrected chi connectivity index (χ1v) is 6.70. The highest BCUT2D eigenvalue weighted by Crippen LogP contribution is 2.32. The van der Waals surface area contributed by atoms with E-state index in [1.165, 1.54) is 37.7 Å². The lowest BCUT2D eigenvalue weighted by Crippen LogP contribution is -2.19. The van der Waals surface area contributed by atoms with Gasteiger partial charge in [-0.1, -0.05) is 43.5 Å². The Morgan fingerprint density at radius 2 is 1.63 bits per heavy atom. The van der Waals surface area contributed by atoms with Gasteiger partial charge in [0.05, 0.1) is 5.97 Å². The molecule has 3 nitrogen and oxygen atoms in total. The summed E-state index contributed by atoms with van der Waals surface area (Å²) in [4.78, 5) is 21.9. The Bertz CT molecular complexity index is 479. The summed E-state index contributed by atoms with van der Waals surface area (Å²) in [5.41, 5.74) is 1.79. The molecule has 0 spiro atoms.